The van der Waals surface area contributed by atoms with Gasteiger partial charge in [0.15, 0.2) is 0 Å². The van der Waals surface area contributed by atoms with Crippen molar-refractivity contribution >= 4 is 40.7 Å². The zero-order valence-corrected chi connectivity index (χ0v) is 16.5. The Balaban J connectivity index is 1.83. The lowest BCUT2D eigenvalue weighted by molar-refractivity contribution is 0.0697. The predicted molar refractivity (Wildman–Crippen MR) is 112 cm³/mol. The Kier molecular flexibility index (Phi) is 4.98. The highest BCUT2D eigenvalue weighted by Crippen LogP contribution is 2.40. The predicted octanol–water partition coefficient (Wildman–Crippen LogP) is 5.12. The fourth-order valence-corrected chi connectivity index (χ4v) is 3.36. The van der Waals surface area contributed by atoms with Crippen LogP contribution in [-0.2, 0) is 0 Å². The van der Waals surface area contributed by atoms with E-state index in [-0.39, 0.29) is 11.1 Å². The Bertz CT molecular complexity index is 947. The minimum Gasteiger partial charge on any atom is -0.478 e. The van der Waals surface area contributed by atoms with Gasteiger partial charge in [-0.1, -0.05) is 17.7 Å². The summed E-state index contributed by atoms with van der Waals surface area (Å²) in [5.74, 6) is -0.956. The van der Waals surface area contributed by atoms with E-state index < -0.39 is 5.97 Å². The van der Waals surface area contributed by atoms with Gasteiger partial charge < -0.3 is 10.0 Å². The van der Waals surface area contributed by atoms with E-state index in [4.69, 9.17) is 16.7 Å². The number of halogens is 1. The molecule has 0 atom stereocenters. The molecule has 6 heteroatoms. The molecule has 0 aliphatic carbocycles. The van der Waals surface area contributed by atoms with E-state index >= 15 is 0 Å². The van der Waals surface area contributed by atoms with E-state index in [0.717, 1.165) is 16.8 Å². The number of carboxylic acids is 1. The summed E-state index contributed by atoms with van der Waals surface area (Å²) in [6, 6.07) is 10.4. The fourth-order valence-electron chi connectivity index (χ4n) is 3.15. The average Bonchev–Trinajstić information content (AvgIpc) is 2.61. The third kappa shape index (κ3) is 3.83. The number of nitrogens with zero attached hydrogens (tertiary/aromatic N) is 2. The van der Waals surface area contributed by atoms with Gasteiger partial charge in [-0.25, -0.2) is 4.79 Å². The van der Waals surface area contributed by atoms with Gasteiger partial charge in [-0.15, -0.1) is 0 Å². The molecule has 5 nitrogen and oxygen atoms in total. The van der Waals surface area contributed by atoms with E-state index in [1.165, 1.54) is 17.7 Å². The second-order valence-electron chi connectivity index (χ2n) is 7.18. The third-order valence-corrected chi connectivity index (χ3v) is 5.19. The van der Waals surface area contributed by atoms with Crippen molar-refractivity contribution in [3.05, 3.63) is 64.2 Å². The standard InChI is InChI=1S/C21H22ClN3O2/c1-13-11-21(2,3)25(4)19-10-18(22)15(9-17(13)19)12-23-24-16-7-5-14(6-8-16)20(26)27/h5-12,24H,1-4H3,(H,26,27)/b23-12-. The van der Waals surface area contributed by atoms with Crippen molar-refractivity contribution in [2.45, 2.75) is 26.3 Å². The van der Waals surface area contributed by atoms with Crippen LogP contribution in [0.1, 0.15) is 42.3 Å². The van der Waals surface area contributed by atoms with Crippen molar-refractivity contribution < 1.29 is 9.90 Å². The van der Waals surface area contributed by atoms with Gasteiger partial charge in [0.25, 0.3) is 0 Å². The van der Waals surface area contributed by atoms with E-state index in [9.17, 15) is 4.79 Å². The number of carbonyl (C=O) groups is 1. The number of likely N-dealkylation sites (N-methyl/N-ethyl adjacent to an activating group) is 1. The molecule has 0 radical (unpaired) electrons. The molecule has 0 fully saturated rings. The maximum atomic E-state index is 10.9. The number of rotatable bonds is 4. The molecule has 140 valence electrons. The Hall–Kier alpha value is -2.79. The summed E-state index contributed by atoms with van der Waals surface area (Å²) in [6.07, 6.45) is 3.91. The number of hydrazone groups is 1. The second-order valence-corrected chi connectivity index (χ2v) is 7.59. The molecule has 2 N–H and O–H groups in total. The lowest BCUT2D eigenvalue weighted by Gasteiger charge is -2.40. The summed E-state index contributed by atoms with van der Waals surface area (Å²) in [5, 5.41) is 13.8. The Morgan fingerprint density at radius 1 is 1.26 bits per heavy atom. The number of benzene rings is 2. The quantitative estimate of drug-likeness (QED) is 0.568. The summed E-state index contributed by atoms with van der Waals surface area (Å²) >= 11 is 6.47. The molecule has 0 bridgehead atoms. The zero-order valence-electron chi connectivity index (χ0n) is 15.7. The third-order valence-electron chi connectivity index (χ3n) is 4.86. The SMILES string of the molecule is CC1=CC(C)(C)N(C)c2cc(Cl)c(/C=N\Nc3ccc(C(=O)O)cc3)cc21. The van der Waals surface area contributed by atoms with Crippen LogP contribution < -0.4 is 10.3 Å². The van der Waals surface area contributed by atoms with Crippen molar-refractivity contribution in [2.24, 2.45) is 5.10 Å². The first-order valence-electron chi connectivity index (χ1n) is 8.59. The van der Waals surface area contributed by atoms with Crippen molar-refractivity contribution in [3.63, 3.8) is 0 Å². The molecule has 0 unspecified atom stereocenters. The van der Waals surface area contributed by atoms with E-state index in [1.807, 2.05) is 12.1 Å². The zero-order chi connectivity index (χ0) is 19.8. The molecule has 27 heavy (non-hydrogen) atoms. The molecular formula is C21H22ClN3O2. The van der Waals surface area contributed by atoms with Crippen LogP contribution >= 0.6 is 11.6 Å². The number of allylic oxidation sites excluding steroid dienone is 1. The summed E-state index contributed by atoms with van der Waals surface area (Å²) in [4.78, 5) is 13.1. The van der Waals surface area contributed by atoms with E-state index in [2.05, 4.69) is 49.3 Å². The summed E-state index contributed by atoms with van der Waals surface area (Å²) < 4.78 is 0. The molecule has 2 aromatic rings. The first-order chi connectivity index (χ1) is 12.7. The normalized spacial score (nSPS) is 15.4. The van der Waals surface area contributed by atoms with E-state index in [0.29, 0.717) is 10.7 Å². The summed E-state index contributed by atoms with van der Waals surface area (Å²) in [7, 11) is 2.06. The van der Waals surface area contributed by atoms with Gasteiger partial charge in [-0.3, -0.25) is 5.43 Å². The highest BCUT2D eigenvalue weighted by Gasteiger charge is 2.29. The summed E-state index contributed by atoms with van der Waals surface area (Å²) in [5.41, 5.74) is 8.00. The lowest BCUT2D eigenvalue weighted by Crippen LogP contribution is -2.42. The monoisotopic (exact) mass is 383 g/mol. The molecule has 1 aliphatic heterocycles. The van der Waals surface area contributed by atoms with Crippen LogP contribution in [0.3, 0.4) is 0 Å². The molecular weight excluding hydrogens is 362 g/mol. The van der Waals surface area contributed by atoms with Crippen LogP contribution in [0.5, 0.6) is 0 Å². The molecule has 0 spiro atoms. The highest BCUT2D eigenvalue weighted by molar-refractivity contribution is 6.33. The molecule has 0 saturated carbocycles. The van der Waals surface area contributed by atoms with Crippen LogP contribution in [0.15, 0.2) is 47.6 Å². The van der Waals surface area contributed by atoms with Gasteiger partial charge >= 0.3 is 5.97 Å². The number of hydrogen-bond acceptors (Lipinski definition) is 4. The van der Waals surface area contributed by atoms with Crippen LogP contribution in [0.25, 0.3) is 5.57 Å². The number of hydrogen-bond donors (Lipinski definition) is 2. The van der Waals surface area contributed by atoms with Gasteiger partial charge in [0.2, 0.25) is 0 Å². The van der Waals surface area contributed by atoms with Gasteiger partial charge in [0.05, 0.1) is 28.0 Å². The minimum atomic E-state index is -0.956. The van der Waals surface area contributed by atoms with Gasteiger partial charge in [0.1, 0.15) is 0 Å². The van der Waals surface area contributed by atoms with Gasteiger partial charge in [-0.2, -0.15) is 5.10 Å². The minimum absolute atomic E-state index is 0.0698. The number of fused-ring (bicyclic) bond motifs is 1. The fraction of sp³-hybridized carbons (Fsp3) is 0.238. The maximum absolute atomic E-state index is 10.9. The number of anilines is 2. The Morgan fingerprint density at radius 2 is 1.93 bits per heavy atom. The molecule has 3 rings (SSSR count). The number of nitrogens with one attached hydrogen (secondary N) is 1. The van der Waals surface area contributed by atoms with Crippen LogP contribution in [0.4, 0.5) is 11.4 Å². The van der Waals surface area contributed by atoms with Crippen molar-refractivity contribution in [3.8, 4) is 0 Å². The largest absolute Gasteiger partial charge is 0.478 e. The smallest absolute Gasteiger partial charge is 0.335 e. The van der Waals surface area contributed by atoms with Crippen LogP contribution in [0, 0.1) is 0 Å². The van der Waals surface area contributed by atoms with Gasteiger partial charge in [-0.05, 0) is 62.7 Å². The Labute approximate surface area is 164 Å². The molecule has 0 amide bonds. The number of carboxylic acid groups (broad SMARTS) is 1. The first kappa shape index (κ1) is 19.0. The van der Waals surface area contributed by atoms with E-state index in [1.54, 1.807) is 18.3 Å². The number of aromatic carboxylic acids is 1. The average molecular weight is 384 g/mol. The molecule has 0 saturated heterocycles. The Morgan fingerprint density at radius 3 is 2.56 bits per heavy atom. The second kappa shape index (κ2) is 7.08. The highest BCUT2D eigenvalue weighted by atomic mass is 35.5. The molecule has 2 aromatic carbocycles. The van der Waals surface area contributed by atoms with Gasteiger partial charge in [0, 0.05) is 23.9 Å². The van der Waals surface area contributed by atoms with Crippen LogP contribution in [-0.4, -0.2) is 29.9 Å². The van der Waals surface area contributed by atoms with Crippen molar-refractivity contribution in [2.75, 3.05) is 17.4 Å². The molecule has 1 heterocycles. The topological polar surface area (TPSA) is 64.9 Å². The van der Waals surface area contributed by atoms with Crippen molar-refractivity contribution in [1.82, 2.24) is 0 Å². The molecule has 0 aromatic heterocycles. The molecule has 1 aliphatic rings. The maximum Gasteiger partial charge on any atom is 0.335 e. The first-order valence-corrected chi connectivity index (χ1v) is 8.96. The van der Waals surface area contributed by atoms with Crippen LogP contribution in [0.2, 0.25) is 5.02 Å². The lowest BCUT2D eigenvalue weighted by atomic mass is 9.88. The van der Waals surface area contributed by atoms with Crippen molar-refractivity contribution in [1.29, 1.82) is 0 Å². The summed E-state index contributed by atoms with van der Waals surface area (Å²) in [6.45, 7) is 6.44.